The summed E-state index contributed by atoms with van der Waals surface area (Å²) in [5.74, 6) is 0. The summed E-state index contributed by atoms with van der Waals surface area (Å²) in [6.07, 6.45) is 0.750. The maximum atomic E-state index is 13.1. The van der Waals surface area contributed by atoms with E-state index in [-0.39, 0.29) is 10.9 Å². The Morgan fingerprint density at radius 3 is 1.67 bits per heavy atom. The van der Waals surface area contributed by atoms with Crippen LogP contribution in [0, 0.1) is 0 Å². The van der Waals surface area contributed by atoms with Gasteiger partial charge in [-0.15, -0.1) is 0 Å². The van der Waals surface area contributed by atoms with E-state index >= 15 is 0 Å². The third-order valence-corrected chi connectivity index (χ3v) is 11.8. The van der Waals surface area contributed by atoms with E-state index in [2.05, 4.69) is 132 Å². The Kier molecular flexibility index (Phi) is 7.98. The van der Waals surface area contributed by atoms with Crippen LogP contribution in [-0.2, 0) is 9.84 Å². The predicted molar refractivity (Wildman–Crippen MR) is 213 cm³/mol. The van der Waals surface area contributed by atoms with E-state index in [0.29, 0.717) is 4.90 Å². The molecule has 52 heavy (non-hydrogen) atoms. The molecule has 0 fully saturated rings. The van der Waals surface area contributed by atoms with Gasteiger partial charge in [0.25, 0.3) is 0 Å². The van der Waals surface area contributed by atoms with Crippen LogP contribution in [0.15, 0.2) is 203 Å². The summed E-state index contributed by atoms with van der Waals surface area (Å²) in [5.41, 5.74) is 8.75. The molecule has 8 aromatic carbocycles. The highest BCUT2D eigenvalue weighted by Gasteiger charge is 2.30. The van der Waals surface area contributed by atoms with Crippen molar-refractivity contribution in [2.45, 2.75) is 22.3 Å². The topological polar surface area (TPSA) is 49.7 Å². The minimum atomic E-state index is -3.57. The van der Waals surface area contributed by atoms with Crippen molar-refractivity contribution in [2.75, 3.05) is 5.01 Å². The van der Waals surface area contributed by atoms with Crippen molar-refractivity contribution in [2.24, 2.45) is 5.10 Å². The molecule has 0 spiro atoms. The van der Waals surface area contributed by atoms with Crippen LogP contribution in [0.4, 0.5) is 5.69 Å². The smallest absolute Gasteiger partial charge is 0.206 e. The number of hydrogen-bond acceptors (Lipinski definition) is 4. The van der Waals surface area contributed by atoms with Gasteiger partial charge in [-0.25, -0.2) is 8.42 Å². The van der Waals surface area contributed by atoms with E-state index in [4.69, 9.17) is 5.10 Å². The number of para-hydroxylation sites is 1. The lowest BCUT2D eigenvalue weighted by Gasteiger charge is -2.24. The molecule has 1 aliphatic heterocycles. The Hall–Kier alpha value is -6.30. The predicted octanol–water partition coefficient (Wildman–Crippen LogP) is 11.5. The molecule has 0 aliphatic carbocycles. The molecule has 5 heteroatoms. The first kappa shape index (κ1) is 31.7. The fourth-order valence-electron chi connectivity index (χ4n) is 7.40. The van der Waals surface area contributed by atoms with Crippen LogP contribution in [-0.4, -0.2) is 14.1 Å². The fraction of sp³-hybridized carbons (Fsp3) is 0.0426. The van der Waals surface area contributed by atoms with Crippen molar-refractivity contribution in [1.82, 2.24) is 0 Å². The number of hydrogen-bond donors (Lipinski definition) is 0. The first-order valence-corrected chi connectivity index (χ1v) is 18.9. The summed E-state index contributed by atoms with van der Waals surface area (Å²) in [6.45, 7) is 0. The second-order valence-corrected chi connectivity index (χ2v) is 15.1. The number of anilines is 1. The largest absolute Gasteiger partial charge is 0.257 e. The van der Waals surface area contributed by atoms with Gasteiger partial charge in [0, 0.05) is 6.42 Å². The Labute approximate surface area is 303 Å². The average Bonchev–Trinajstić information content (AvgIpc) is 3.67. The van der Waals surface area contributed by atoms with Crippen LogP contribution < -0.4 is 5.01 Å². The number of fused-ring (bicyclic) bond motifs is 2. The van der Waals surface area contributed by atoms with Crippen LogP contribution in [0.1, 0.15) is 23.6 Å². The number of nitrogens with zero attached hydrogens (tertiary/aromatic N) is 2. The van der Waals surface area contributed by atoms with Crippen molar-refractivity contribution >= 4 is 42.8 Å². The van der Waals surface area contributed by atoms with Crippen LogP contribution >= 0.6 is 0 Å². The van der Waals surface area contributed by atoms with Crippen LogP contribution in [0.2, 0.25) is 0 Å². The van der Waals surface area contributed by atoms with Crippen molar-refractivity contribution in [3.8, 4) is 22.3 Å². The molecule has 9 rings (SSSR count). The lowest BCUT2D eigenvalue weighted by molar-refractivity contribution is 0.596. The molecule has 8 aromatic rings. The molecule has 0 bridgehead atoms. The third-order valence-electron chi connectivity index (χ3n) is 10.0. The zero-order chi connectivity index (χ0) is 35.1. The summed E-state index contributed by atoms with van der Waals surface area (Å²) in [6, 6.07) is 63.0. The quantitative estimate of drug-likeness (QED) is 0.156. The van der Waals surface area contributed by atoms with Gasteiger partial charge < -0.3 is 0 Å². The average molecular weight is 691 g/mol. The molecule has 0 saturated heterocycles. The highest BCUT2D eigenvalue weighted by molar-refractivity contribution is 7.91. The monoisotopic (exact) mass is 690 g/mol. The molecule has 1 aliphatic rings. The van der Waals surface area contributed by atoms with Gasteiger partial charge in [0.1, 0.15) is 0 Å². The van der Waals surface area contributed by atoms with Crippen molar-refractivity contribution in [1.29, 1.82) is 0 Å². The Balaban J connectivity index is 1.04. The van der Waals surface area contributed by atoms with Crippen molar-refractivity contribution < 1.29 is 8.42 Å². The van der Waals surface area contributed by atoms with Gasteiger partial charge in [-0.1, -0.05) is 140 Å². The first-order valence-electron chi connectivity index (χ1n) is 17.5. The highest BCUT2D eigenvalue weighted by Crippen LogP contribution is 2.40. The summed E-state index contributed by atoms with van der Waals surface area (Å²) in [7, 11) is -3.57. The first-order chi connectivity index (χ1) is 25.5. The molecule has 0 N–H and O–H groups in total. The number of rotatable bonds is 7. The highest BCUT2D eigenvalue weighted by atomic mass is 32.2. The standard InChI is InChI=1S/C47H34N2O2S/c50-52(51,41-18-5-2-6-19-41)42-28-26-34(27-29-42)33-22-24-35(25-23-33)46-32-45(48-49(46)40-16-3-1-4-17-40)38-14-11-15-39(31-38)47-43-20-9-7-12-36(43)30-37-13-8-10-21-44(37)47/h1-31,46H,32H2. The normalized spacial score (nSPS) is 14.5. The maximum absolute atomic E-state index is 13.1. The Morgan fingerprint density at radius 2 is 1.02 bits per heavy atom. The van der Waals surface area contributed by atoms with Gasteiger partial charge in [-0.3, -0.25) is 5.01 Å². The molecule has 1 atom stereocenters. The van der Waals surface area contributed by atoms with E-state index in [1.54, 1.807) is 36.4 Å². The molecule has 0 radical (unpaired) electrons. The molecule has 1 heterocycles. The van der Waals surface area contributed by atoms with E-state index in [0.717, 1.165) is 40.1 Å². The minimum Gasteiger partial charge on any atom is -0.257 e. The molecular weight excluding hydrogens is 657 g/mol. The Morgan fingerprint density at radius 1 is 0.481 bits per heavy atom. The number of hydrazone groups is 1. The van der Waals surface area contributed by atoms with Gasteiger partial charge in [-0.05, 0) is 103 Å². The zero-order valence-electron chi connectivity index (χ0n) is 28.3. The second kappa shape index (κ2) is 13.1. The van der Waals surface area contributed by atoms with E-state index in [9.17, 15) is 8.42 Å². The van der Waals surface area contributed by atoms with Gasteiger partial charge in [0.2, 0.25) is 9.84 Å². The molecular formula is C47H34N2O2S. The second-order valence-electron chi connectivity index (χ2n) is 13.2. The van der Waals surface area contributed by atoms with Gasteiger partial charge >= 0.3 is 0 Å². The fourth-order valence-corrected chi connectivity index (χ4v) is 8.68. The van der Waals surface area contributed by atoms with Gasteiger partial charge in [-0.2, -0.15) is 5.10 Å². The minimum absolute atomic E-state index is 0.00637. The molecule has 4 nitrogen and oxygen atoms in total. The molecule has 250 valence electrons. The van der Waals surface area contributed by atoms with E-state index in [1.807, 2.05) is 24.3 Å². The summed E-state index contributed by atoms with van der Waals surface area (Å²) in [4.78, 5) is 0.577. The molecule has 0 amide bonds. The summed E-state index contributed by atoms with van der Waals surface area (Å²) in [5, 5.41) is 12.4. The summed E-state index contributed by atoms with van der Waals surface area (Å²) < 4.78 is 26.3. The van der Waals surface area contributed by atoms with Gasteiger partial charge in [0.15, 0.2) is 0 Å². The maximum Gasteiger partial charge on any atom is 0.206 e. The molecule has 0 saturated carbocycles. The third kappa shape index (κ3) is 5.75. The Bertz CT molecular complexity index is 2650. The van der Waals surface area contributed by atoms with Crippen molar-refractivity contribution in [3.63, 3.8) is 0 Å². The SMILES string of the molecule is O=S(=O)(c1ccccc1)c1ccc(-c2ccc(C3CC(c4cccc(-c5c6ccccc6cc6ccccc56)c4)=NN3c3ccccc3)cc2)cc1. The van der Waals surface area contributed by atoms with E-state index in [1.165, 1.54) is 32.7 Å². The molecule has 1 unspecified atom stereocenters. The number of benzene rings is 8. The van der Waals surface area contributed by atoms with E-state index < -0.39 is 9.84 Å². The van der Waals surface area contributed by atoms with Crippen molar-refractivity contribution in [3.05, 3.63) is 199 Å². The lowest BCUT2D eigenvalue weighted by Crippen LogP contribution is -2.18. The zero-order valence-corrected chi connectivity index (χ0v) is 29.1. The summed E-state index contributed by atoms with van der Waals surface area (Å²) >= 11 is 0. The number of sulfone groups is 1. The van der Waals surface area contributed by atoms with Gasteiger partial charge in [0.05, 0.1) is 27.2 Å². The van der Waals surface area contributed by atoms with Crippen LogP contribution in [0.25, 0.3) is 43.8 Å². The van der Waals surface area contributed by atoms with Crippen LogP contribution in [0.3, 0.4) is 0 Å². The lowest BCUT2D eigenvalue weighted by atomic mass is 9.90. The van der Waals surface area contributed by atoms with Crippen LogP contribution in [0.5, 0.6) is 0 Å². The molecule has 0 aromatic heterocycles.